The zero-order valence-electron chi connectivity index (χ0n) is 24.9. The van der Waals surface area contributed by atoms with Gasteiger partial charge in [0.1, 0.15) is 11.4 Å². The number of benzene rings is 2. The van der Waals surface area contributed by atoms with Crippen LogP contribution in [0.2, 0.25) is 0 Å². The van der Waals surface area contributed by atoms with Gasteiger partial charge in [0.05, 0.1) is 12.7 Å². The molecule has 1 amide bonds. The largest absolute Gasteiger partial charge is 0.494 e. The van der Waals surface area contributed by atoms with Crippen LogP contribution in [0.25, 0.3) is 0 Å². The van der Waals surface area contributed by atoms with E-state index in [0.717, 1.165) is 5.56 Å². The summed E-state index contributed by atoms with van der Waals surface area (Å²) in [5, 5.41) is 12.0. The molecular formula is C32H44N2O7. The molecule has 0 aromatic heterocycles. The Morgan fingerprint density at radius 3 is 2.39 bits per heavy atom. The Kier molecular flexibility index (Phi) is 11.7. The molecule has 41 heavy (non-hydrogen) atoms. The van der Waals surface area contributed by atoms with Gasteiger partial charge in [-0.3, -0.25) is 9.59 Å². The van der Waals surface area contributed by atoms with E-state index >= 15 is 0 Å². The minimum atomic E-state index is -1.40. The molecule has 3 rings (SSSR count). The molecule has 2 aromatic carbocycles. The van der Waals surface area contributed by atoms with Crippen molar-refractivity contribution >= 4 is 17.8 Å². The van der Waals surface area contributed by atoms with Crippen molar-refractivity contribution in [3.63, 3.8) is 0 Å². The molecule has 9 nitrogen and oxygen atoms in total. The van der Waals surface area contributed by atoms with Crippen molar-refractivity contribution in [2.45, 2.75) is 83.6 Å². The number of nitrogens with one attached hydrogen (secondary N) is 1. The van der Waals surface area contributed by atoms with E-state index in [4.69, 9.17) is 29.0 Å². The number of carbonyl (C=O) groups is 2. The molecule has 2 aromatic rings. The van der Waals surface area contributed by atoms with Gasteiger partial charge in [0.25, 0.3) is 5.91 Å². The number of aliphatic hydroxyl groups excluding tert-OH is 1. The van der Waals surface area contributed by atoms with Crippen molar-refractivity contribution in [3.8, 4) is 5.75 Å². The van der Waals surface area contributed by atoms with E-state index in [2.05, 4.69) is 5.32 Å². The first kappa shape index (κ1) is 32.1. The quantitative estimate of drug-likeness (QED) is 0.235. The minimum Gasteiger partial charge on any atom is -0.494 e. The molecule has 1 aliphatic rings. The predicted molar refractivity (Wildman–Crippen MR) is 157 cm³/mol. The van der Waals surface area contributed by atoms with Crippen molar-refractivity contribution in [2.24, 2.45) is 4.99 Å². The minimum absolute atomic E-state index is 0.0116. The fourth-order valence-electron chi connectivity index (χ4n) is 4.43. The van der Waals surface area contributed by atoms with Gasteiger partial charge in [0.2, 0.25) is 5.90 Å². The van der Waals surface area contributed by atoms with Gasteiger partial charge in [-0.2, -0.15) is 0 Å². The molecule has 0 saturated carbocycles. The number of hydrogen-bond donors (Lipinski definition) is 2. The van der Waals surface area contributed by atoms with Crippen LogP contribution in [-0.4, -0.2) is 66.5 Å². The normalized spacial score (nSPS) is 18.5. The lowest BCUT2D eigenvalue weighted by atomic mass is 9.83. The number of esters is 1. The van der Waals surface area contributed by atoms with Crippen LogP contribution < -0.4 is 10.1 Å². The lowest BCUT2D eigenvalue weighted by Gasteiger charge is -2.31. The lowest BCUT2D eigenvalue weighted by Crippen LogP contribution is -2.49. The summed E-state index contributed by atoms with van der Waals surface area (Å²) in [6.45, 7) is 10.7. The van der Waals surface area contributed by atoms with Crippen molar-refractivity contribution in [3.05, 3.63) is 65.7 Å². The Balaban J connectivity index is 1.93. The topological polar surface area (TPSA) is 116 Å². The number of aliphatic hydroxyl groups is 1. The zero-order valence-corrected chi connectivity index (χ0v) is 24.9. The molecule has 2 atom stereocenters. The van der Waals surface area contributed by atoms with E-state index in [1.54, 1.807) is 12.1 Å². The van der Waals surface area contributed by atoms with E-state index in [-0.39, 0.29) is 31.5 Å². The van der Waals surface area contributed by atoms with Gasteiger partial charge in [-0.15, -0.1) is 0 Å². The maximum absolute atomic E-state index is 14.0. The molecule has 224 valence electrons. The Morgan fingerprint density at radius 1 is 1.05 bits per heavy atom. The predicted octanol–water partition coefficient (Wildman–Crippen LogP) is 4.76. The number of rotatable bonds is 15. The summed E-state index contributed by atoms with van der Waals surface area (Å²) in [5.74, 6) is 0.231. The van der Waals surface area contributed by atoms with E-state index in [1.165, 1.54) is 0 Å². The van der Waals surface area contributed by atoms with Crippen LogP contribution in [0.5, 0.6) is 5.75 Å². The molecule has 0 radical (unpaired) electrons. The average Bonchev–Trinajstić information content (AvgIpc) is 3.32. The summed E-state index contributed by atoms with van der Waals surface area (Å²) in [5.41, 5.74) is -0.595. The molecule has 1 heterocycles. The Hall–Kier alpha value is -3.43. The fourth-order valence-corrected chi connectivity index (χ4v) is 4.43. The third-order valence-electron chi connectivity index (χ3n) is 6.32. The summed E-state index contributed by atoms with van der Waals surface area (Å²) >= 11 is 0. The summed E-state index contributed by atoms with van der Waals surface area (Å²) in [6, 6.07) is 16.7. The molecule has 2 N–H and O–H groups in total. The summed E-state index contributed by atoms with van der Waals surface area (Å²) < 4.78 is 23.3. The van der Waals surface area contributed by atoms with Gasteiger partial charge in [-0.25, -0.2) is 4.99 Å². The SMILES string of the molecule is CC(C)OCCCNC(=O)[C@]1(CCC(=O)OC(C)(C)C)N=C(c2ccc(OCCCO)cc2)O[C@@H]1c1ccccc1. The van der Waals surface area contributed by atoms with Crippen LogP contribution in [0, 0.1) is 0 Å². The van der Waals surface area contributed by atoms with E-state index < -0.39 is 23.2 Å². The second-order valence-corrected chi connectivity index (χ2v) is 11.3. The van der Waals surface area contributed by atoms with Gasteiger partial charge in [0.15, 0.2) is 11.6 Å². The van der Waals surface area contributed by atoms with Crippen LogP contribution in [0.4, 0.5) is 0 Å². The number of ether oxygens (including phenoxy) is 4. The Morgan fingerprint density at radius 2 is 1.76 bits per heavy atom. The van der Waals surface area contributed by atoms with Crippen LogP contribution in [0.15, 0.2) is 59.6 Å². The van der Waals surface area contributed by atoms with Crippen LogP contribution in [-0.2, 0) is 23.8 Å². The van der Waals surface area contributed by atoms with Gasteiger partial charge < -0.3 is 29.4 Å². The first-order chi connectivity index (χ1) is 19.5. The third-order valence-corrected chi connectivity index (χ3v) is 6.32. The molecule has 1 aliphatic heterocycles. The molecule has 0 aliphatic carbocycles. The van der Waals surface area contributed by atoms with Gasteiger partial charge in [-0.05, 0) is 77.3 Å². The van der Waals surface area contributed by atoms with Gasteiger partial charge >= 0.3 is 5.97 Å². The highest BCUT2D eigenvalue weighted by atomic mass is 16.6. The summed E-state index contributed by atoms with van der Waals surface area (Å²) in [4.78, 5) is 31.7. The number of nitrogens with zero attached hydrogens (tertiary/aromatic N) is 1. The number of hydrogen-bond acceptors (Lipinski definition) is 8. The van der Waals surface area contributed by atoms with Crippen LogP contribution in [0.1, 0.15) is 77.5 Å². The fraction of sp³-hybridized carbons (Fsp3) is 0.531. The van der Waals surface area contributed by atoms with Crippen molar-refractivity contribution < 1.29 is 33.6 Å². The third kappa shape index (κ3) is 9.57. The highest BCUT2D eigenvalue weighted by Gasteiger charge is 2.53. The molecule has 0 bridgehead atoms. The van der Waals surface area contributed by atoms with Gasteiger partial charge in [0, 0.05) is 38.2 Å². The van der Waals surface area contributed by atoms with Crippen molar-refractivity contribution in [1.82, 2.24) is 5.32 Å². The van der Waals surface area contributed by atoms with Crippen LogP contribution in [0.3, 0.4) is 0 Å². The number of carbonyl (C=O) groups excluding carboxylic acids is 2. The van der Waals surface area contributed by atoms with Gasteiger partial charge in [-0.1, -0.05) is 30.3 Å². The highest BCUT2D eigenvalue weighted by molar-refractivity contribution is 6.01. The first-order valence-corrected chi connectivity index (χ1v) is 14.3. The second kappa shape index (κ2) is 15.0. The maximum atomic E-state index is 14.0. The van der Waals surface area contributed by atoms with Crippen molar-refractivity contribution in [2.75, 3.05) is 26.4 Å². The van der Waals surface area contributed by atoms with E-state index in [1.807, 2.05) is 77.1 Å². The molecule has 9 heteroatoms. The highest BCUT2D eigenvalue weighted by Crippen LogP contribution is 2.43. The smallest absolute Gasteiger partial charge is 0.306 e. The number of amides is 1. The maximum Gasteiger partial charge on any atom is 0.306 e. The lowest BCUT2D eigenvalue weighted by molar-refractivity contribution is -0.155. The van der Waals surface area contributed by atoms with E-state index in [0.29, 0.717) is 49.8 Å². The second-order valence-electron chi connectivity index (χ2n) is 11.3. The molecule has 0 unspecified atom stereocenters. The first-order valence-electron chi connectivity index (χ1n) is 14.3. The molecule has 0 fully saturated rings. The van der Waals surface area contributed by atoms with Crippen LogP contribution >= 0.6 is 0 Å². The van der Waals surface area contributed by atoms with Crippen molar-refractivity contribution in [1.29, 1.82) is 0 Å². The zero-order chi connectivity index (χ0) is 29.9. The summed E-state index contributed by atoms with van der Waals surface area (Å²) in [6.07, 6.45) is 0.611. The Bertz CT molecular complexity index is 1140. The monoisotopic (exact) mass is 568 g/mol. The average molecular weight is 569 g/mol. The van der Waals surface area contributed by atoms with E-state index in [9.17, 15) is 9.59 Å². The standard InChI is InChI=1S/C32H44N2O7/c1-23(2)38-21-9-19-33-30(37)32(18-17-27(36)41-31(3,4)5)28(24-11-7-6-8-12-24)40-29(34-32)25-13-15-26(16-14-25)39-22-10-20-35/h6-8,11-16,23,28,35H,9-10,17-22H2,1-5H3,(H,33,37)/t28-,32-/m1/s1. The molecule has 0 saturated heterocycles. The molecular weight excluding hydrogens is 524 g/mol. The Labute approximate surface area is 243 Å². The summed E-state index contributed by atoms with van der Waals surface area (Å²) in [7, 11) is 0. The molecule has 0 spiro atoms. The number of aliphatic imine (C=N–C) groups is 1.